The van der Waals surface area contributed by atoms with Gasteiger partial charge in [0.2, 0.25) is 0 Å². The molecule has 0 aromatic rings. The lowest BCUT2D eigenvalue weighted by atomic mass is 9.53. The maximum Gasteiger partial charge on any atom is 0.391 e. The number of hydrogen-bond acceptors (Lipinski definition) is 2. The number of piperidine rings is 1. The molecule has 0 bridgehead atoms. The predicted octanol–water partition coefficient (Wildman–Crippen LogP) is 6.27. The van der Waals surface area contributed by atoms with Gasteiger partial charge in [0.15, 0.2) is 0 Å². The summed E-state index contributed by atoms with van der Waals surface area (Å²) in [4.78, 5) is 2.93. The Hall–Kier alpha value is 0.1000. The minimum Gasteiger partial charge on any atom is -0.292 e. The highest BCUT2D eigenvalue weighted by atomic mass is 32.2. The Morgan fingerprint density at radius 2 is 1.46 bits per heavy atom. The zero-order valence-corrected chi connectivity index (χ0v) is 17.6. The SMILES string of the molecule is FC(F)(F)C1CCC2C(C1)SC1CCCC3C4CCCC5CCCC(C54)N2C13. The van der Waals surface area contributed by atoms with Crippen LogP contribution >= 0.6 is 11.8 Å². The molecular weight excluding hydrogens is 379 g/mol. The van der Waals surface area contributed by atoms with Crippen LogP contribution in [0.2, 0.25) is 0 Å². The highest BCUT2D eigenvalue weighted by Crippen LogP contribution is 2.61. The zero-order chi connectivity index (χ0) is 19.0. The van der Waals surface area contributed by atoms with E-state index in [4.69, 9.17) is 0 Å². The lowest BCUT2D eigenvalue weighted by Crippen LogP contribution is -2.72. The van der Waals surface area contributed by atoms with Crippen LogP contribution in [0.4, 0.5) is 13.2 Å². The molecule has 0 amide bonds. The molecule has 6 fully saturated rings. The predicted molar refractivity (Wildman–Crippen MR) is 107 cm³/mol. The molecule has 158 valence electrons. The third-order valence-corrected chi connectivity index (χ3v) is 11.5. The van der Waals surface area contributed by atoms with E-state index in [-0.39, 0.29) is 5.25 Å². The molecule has 4 aliphatic carbocycles. The van der Waals surface area contributed by atoms with Gasteiger partial charge in [0.1, 0.15) is 0 Å². The van der Waals surface area contributed by atoms with Gasteiger partial charge >= 0.3 is 6.18 Å². The topological polar surface area (TPSA) is 3.24 Å². The summed E-state index contributed by atoms with van der Waals surface area (Å²) in [7, 11) is 0. The second-order valence-electron chi connectivity index (χ2n) is 10.8. The van der Waals surface area contributed by atoms with E-state index in [1.807, 2.05) is 11.8 Å². The highest BCUT2D eigenvalue weighted by Gasteiger charge is 2.61. The third-order valence-electron chi connectivity index (χ3n) is 9.75. The van der Waals surface area contributed by atoms with Crippen molar-refractivity contribution in [2.24, 2.45) is 29.6 Å². The van der Waals surface area contributed by atoms with Crippen molar-refractivity contribution in [3.63, 3.8) is 0 Å². The van der Waals surface area contributed by atoms with Crippen LogP contribution in [0.25, 0.3) is 0 Å². The molecule has 10 unspecified atom stereocenters. The highest BCUT2D eigenvalue weighted by molar-refractivity contribution is 8.00. The summed E-state index contributed by atoms with van der Waals surface area (Å²) in [6.07, 6.45) is 9.88. The van der Waals surface area contributed by atoms with E-state index in [2.05, 4.69) is 4.90 Å². The Kier molecular flexibility index (Phi) is 4.58. The number of hydrogen-bond donors (Lipinski definition) is 0. The van der Waals surface area contributed by atoms with Crippen molar-refractivity contribution >= 4 is 11.8 Å². The molecular formula is C23H34F3NS. The Labute approximate surface area is 171 Å². The van der Waals surface area contributed by atoms with Gasteiger partial charge in [0, 0.05) is 28.6 Å². The average molecular weight is 414 g/mol. The summed E-state index contributed by atoms with van der Waals surface area (Å²) in [5, 5.41) is 0.830. The fraction of sp³-hybridized carbons (Fsp3) is 1.00. The smallest absolute Gasteiger partial charge is 0.292 e. The van der Waals surface area contributed by atoms with Gasteiger partial charge in [-0.05, 0) is 68.6 Å². The fourth-order valence-electron chi connectivity index (χ4n) is 8.93. The summed E-state index contributed by atoms with van der Waals surface area (Å²) in [5.41, 5.74) is 0. The lowest BCUT2D eigenvalue weighted by molar-refractivity contribution is -0.191. The molecule has 2 heterocycles. The number of halogens is 3. The van der Waals surface area contributed by atoms with Gasteiger partial charge in [-0.2, -0.15) is 24.9 Å². The first-order valence-electron chi connectivity index (χ1n) is 12.0. The molecule has 0 spiro atoms. The molecule has 0 radical (unpaired) electrons. The summed E-state index contributed by atoms with van der Waals surface area (Å²) >= 11 is 2.01. The first-order valence-corrected chi connectivity index (χ1v) is 13.0. The quantitative estimate of drug-likeness (QED) is 0.460. The molecule has 0 aromatic carbocycles. The van der Waals surface area contributed by atoms with E-state index in [1.54, 1.807) is 0 Å². The lowest BCUT2D eigenvalue weighted by Gasteiger charge is -2.67. The van der Waals surface area contributed by atoms with Crippen molar-refractivity contribution in [2.75, 3.05) is 0 Å². The van der Waals surface area contributed by atoms with E-state index in [1.165, 1.54) is 57.8 Å². The van der Waals surface area contributed by atoms with Crippen LogP contribution in [-0.4, -0.2) is 39.7 Å². The molecule has 6 rings (SSSR count). The van der Waals surface area contributed by atoms with Crippen molar-refractivity contribution in [3.05, 3.63) is 0 Å². The number of thioether (sulfide) groups is 1. The van der Waals surface area contributed by atoms with Crippen LogP contribution in [0.3, 0.4) is 0 Å². The minimum absolute atomic E-state index is 0.223. The molecule has 5 heteroatoms. The van der Waals surface area contributed by atoms with E-state index < -0.39 is 12.1 Å². The maximum atomic E-state index is 13.5. The van der Waals surface area contributed by atoms with Gasteiger partial charge < -0.3 is 0 Å². The Morgan fingerprint density at radius 3 is 2.29 bits per heavy atom. The van der Waals surface area contributed by atoms with Crippen LogP contribution in [0.1, 0.15) is 77.0 Å². The number of rotatable bonds is 0. The first kappa shape index (κ1) is 18.8. The summed E-state index contributed by atoms with van der Waals surface area (Å²) in [5.74, 6) is 2.50. The van der Waals surface area contributed by atoms with Crippen LogP contribution in [-0.2, 0) is 0 Å². The second-order valence-corrected chi connectivity index (χ2v) is 12.3. The van der Waals surface area contributed by atoms with Gasteiger partial charge in [-0.25, -0.2) is 0 Å². The fourth-order valence-corrected chi connectivity index (χ4v) is 11.0. The molecule has 0 aromatic heterocycles. The molecule has 28 heavy (non-hydrogen) atoms. The zero-order valence-electron chi connectivity index (χ0n) is 16.7. The summed E-state index contributed by atoms with van der Waals surface area (Å²) < 4.78 is 40.5. The molecule has 6 aliphatic rings. The first-order chi connectivity index (χ1) is 13.5. The number of fused-ring (bicyclic) bond motifs is 4. The molecule has 1 nitrogen and oxygen atoms in total. The van der Waals surface area contributed by atoms with Crippen molar-refractivity contribution in [1.82, 2.24) is 4.90 Å². The van der Waals surface area contributed by atoms with Crippen molar-refractivity contribution in [1.29, 1.82) is 0 Å². The molecule has 2 saturated heterocycles. The van der Waals surface area contributed by atoms with Gasteiger partial charge in [0.25, 0.3) is 0 Å². The Balaban J connectivity index is 1.35. The molecule has 0 N–H and O–H groups in total. The molecule has 2 aliphatic heterocycles. The van der Waals surface area contributed by atoms with Crippen molar-refractivity contribution in [3.8, 4) is 0 Å². The van der Waals surface area contributed by atoms with Crippen LogP contribution < -0.4 is 0 Å². The normalized spacial score (nSPS) is 53.7. The summed E-state index contributed by atoms with van der Waals surface area (Å²) in [6.45, 7) is 0. The summed E-state index contributed by atoms with van der Waals surface area (Å²) in [6, 6.07) is 1.81. The molecule has 10 atom stereocenters. The van der Waals surface area contributed by atoms with E-state index in [9.17, 15) is 13.2 Å². The van der Waals surface area contributed by atoms with Crippen LogP contribution in [0.15, 0.2) is 0 Å². The monoisotopic (exact) mass is 413 g/mol. The number of nitrogens with zero attached hydrogens (tertiary/aromatic N) is 1. The molecule has 4 saturated carbocycles. The largest absolute Gasteiger partial charge is 0.391 e. The van der Waals surface area contributed by atoms with Gasteiger partial charge in [0.05, 0.1) is 5.92 Å². The minimum atomic E-state index is -4.00. The van der Waals surface area contributed by atoms with E-state index in [0.29, 0.717) is 36.2 Å². The van der Waals surface area contributed by atoms with E-state index >= 15 is 0 Å². The van der Waals surface area contributed by atoms with Crippen molar-refractivity contribution < 1.29 is 13.2 Å². The van der Waals surface area contributed by atoms with Crippen LogP contribution in [0.5, 0.6) is 0 Å². The Bertz CT molecular complexity index is 607. The standard InChI is InChI=1S/C23H34F3NS/c24-23(25,26)14-10-11-17-20(12-14)28-19-9-3-7-16-15-6-1-4-13-5-2-8-18(21(13)15)27(17)22(16)19/h13-22H,1-12H2. The van der Waals surface area contributed by atoms with Gasteiger partial charge in [-0.15, -0.1) is 0 Å². The maximum absolute atomic E-state index is 13.5. The van der Waals surface area contributed by atoms with Gasteiger partial charge in [-0.3, -0.25) is 4.90 Å². The van der Waals surface area contributed by atoms with Gasteiger partial charge in [-0.1, -0.05) is 32.1 Å². The van der Waals surface area contributed by atoms with Crippen LogP contribution in [0, 0.1) is 29.6 Å². The van der Waals surface area contributed by atoms with Crippen molar-refractivity contribution in [2.45, 2.75) is 112 Å². The van der Waals surface area contributed by atoms with E-state index in [0.717, 1.165) is 30.1 Å². The number of alkyl halides is 3. The Morgan fingerprint density at radius 1 is 0.714 bits per heavy atom. The third kappa shape index (κ3) is 2.77. The second kappa shape index (κ2) is 6.80. The average Bonchev–Trinajstić information content (AvgIpc) is 2.69.